The number of ether oxygens (including phenoxy) is 1. The van der Waals surface area contributed by atoms with Gasteiger partial charge in [0.05, 0.1) is 6.26 Å². The van der Waals surface area contributed by atoms with Crippen molar-refractivity contribution in [3.63, 3.8) is 0 Å². The number of alkyl carbamates (subject to hydrolysis) is 1. The summed E-state index contributed by atoms with van der Waals surface area (Å²) in [7, 11) is 0. The number of hydrogen-bond donors (Lipinski definition) is 2. The van der Waals surface area contributed by atoms with Crippen molar-refractivity contribution in [3.8, 4) is 11.3 Å². The van der Waals surface area contributed by atoms with Gasteiger partial charge in [0.25, 0.3) is 0 Å². The van der Waals surface area contributed by atoms with E-state index in [1.54, 1.807) is 24.7 Å². The molecule has 2 amide bonds. The van der Waals surface area contributed by atoms with Crippen molar-refractivity contribution in [1.82, 2.24) is 15.6 Å². The molecule has 3 rings (SSSR count). The average Bonchev–Trinajstić information content (AvgIpc) is 3.25. The molecule has 0 radical (unpaired) electrons. The normalized spacial score (nSPS) is 10.2. The summed E-state index contributed by atoms with van der Waals surface area (Å²) in [6, 6.07) is 14.8. The number of aromatic nitrogens is 1. The third-order valence-electron chi connectivity index (χ3n) is 3.70. The highest BCUT2D eigenvalue weighted by molar-refractivity contribution is 5.82. The first-order chi connectivity index (χ1) is 13.2. The van der Waals surface area contributed by atoms with E-state index in [4.69, 9.17) is 9.15 Å². The van der Waals surface area contributed by atoms with Crippen LogP contribution in [0.5, 0.6) is 0 Å². The fourth-order valence-corrected chi connectivity index (χ4v) is 2.35. The number of nitrogens with zero attached hydrogens (tertiary/aromatic N) is 1. The molecule has 0 fully saturated rings. The monoisotopic (exact) mass is 365 g/mol. The van der Waals surface area contributed by atoms with E-state index in [9.17, 15) is 9.59 Å². The number of pyridine rings is 1. The van der Waals surface area contributed by atoms with Gasteiger partial charge in [0.15, 0.2) is 0 Å². The van der Waals surface area contributed by atoms with E-state index in [2.05, 4.69) is 15.6 Å². The second kappa shape index (κ2) is 9.19. The van der Waals surface area contributed by atoms with Crippen LogP contribution in [-0.4, -0.2) is 23.5 Å². The predicted octanol–water partition coefficient (Wildman–Crippen LogP) is 2.88. The fraction of sp³-hybridized carbons (Fsp3) is 0.150. The lowest BCUT2D eigenvalue weighted by Crippen LogP contribution is -2.36. The summed E-state index contributed by atoms with van der Waals surface area (Å²) in [4.78, 5) is 27.7. The fourth-order valence-electron chi connectivity index (χ4n) is 2.35. The Morgan fingerprint density at radius 1 is 1.00 bits per heavy atom. The molecule has 0 atom stereocenters. The molecule has 0 aliphatic heterocycles. The van der Waals surface area contributed by atoms with Crippen LogP contribution in [0.4, 0.5) is 4.79 Å². The van der Waals surface area contributed by atoms with Gasteiger partial charge in [0.1, 0.15) is 18.9 Å². The second-order valence-corrected chi connectivity index (χ2v) is 5.75. The van der Waals surface area contributed by atoms with Gasteiger partial charge >= 0.3 is 6.09 Å². The molecule has 138 valence electrons. The van der Waals surface area contributed by atoms with Crippen LogP contribution in [0.25, 0.3) is 11.3 Å². The maximum atomic E-state index is 11.9. The molecule has 2 aromatic heterocycles. The Labute approximate surface area is 156 Å². The van der Waals surface area contributed by atoms with Gasteiger partial charge < -0.3 is 19.8 Å². The van der Waals surface area contributed by atoms with Gasteiger partial charge in [-0.05, 0) is 29.3 Å². The minimum Gasteiger partial charge on any atom is -0.464 e. The third kappa shape index (κ3) is 5.71. The average molecular weight is 365 g/mol. The molecule has 0 saturated heterocycles. The van der Waals surface area contributed by atoms with Crippen molar-refractivity contribution in [1.29, 1.82) is 0 Å². The third-order valence-corrected chi connectivity index (χ3v) is 3.70. The first-order valence-electron chi connectivity index (χ1n) is 8.40. The molecule has 2 N–H and O–H groups in total. The first-order valence-corrected chi connectivity index (χ1v) is 8.40. The molecule has 27 heavy (non-hydrogen) atoms. The standard InChI is InChI=1S/C20H19N3O4/c24-19(13-23-20(25)27-14-15-5-2-1-3-6-15)22-11-16-9-17(12-21-10-16)18-7-4-8-26-18/h1-10,12H,11,13-14H2,(H,22,24)(H,23,25). The number of benzene rings is 1. The smallest absolute Gasteiger partial charge is 0.407 e. The predicted molar refractivity (Wildman–Crippen MR) is 98.4 cm³/mol. The Balaban J connectivity index is 1.39. The van der Waals surface area contributed by atoms with Crippen LogP contribution in [-0.2, 0) is 22.7 Å². The highest BCUT2D eigenvalue weighted by Gasteiger charge is 2.08. The molecule has 2 heterocycles. The van der Waals surface area contributed by atoms with Crippen LogP contribution < -0.4 is 10.6 Å². The molecule has 7 heteroatoms. The number of nitrogens with one attached hydrogen (secondary N) is 2. The SMILES string of the molecule is O=C(CNC(=O)OCc1ccccc1)NCc1cncc(-c2ccco2)c1. The minimum absolute atomic E-state index is 0.152. The zero-order chi connectivity index (χ0) is 18.9. The second-order valence-electron chi connectivity index (χ2n) is 5.75. The van der Waals surface area contributed by atoms with Crippen molar-refractivity contribution in [2.45, 2.75) is 13.2 Å². The molecular formula is C20H19N3O4. The summed E-state index contributed by atoms with van der Waals surface area (Å²) in [6.07, 6.45) is 4.30. The Kier molecular flexibility index (Phi) is 6.19. The zero-order valence-corrected chi connectivity index (χ0v) is 14.6. The number of amides is 2. The van der Waals surface area contributed by atoms with E-state index < -0.39 is 6.09 Å². The summed E-state index contributed by atoms with van der Waals surface area (Å²) in [6.45, 7) is 0.277. The topological polar surface area (TPSA) is 93.5 Å². The molecule has 0 aliphatic rings. The van der Waals surface area contributed by atoms with Crippen molar-refractivity contribution < 1.29 is 18.7 Å². The Morgan fingerprint density at radius 2 is 1.85 bits per heavy atom. The van der Waals surface area contributed by atoms with Crippen molar-refractivity contribution in [2.75, 3.05) is 6.54 Å². The lowest BCUT2D eigenvalue weighted by molar-refractivity contribution is -0.120. The molecule has 0 spiro atoms. The number of carbonyl (C=O) groups is 2. The quantitative estimate of drug-likeness (QED) is 0.671. The van der Waals surface area contributed by atoms with E-state index in [1.165, 1.54) is 0 Å². The van der Waals surface area contributed by atoms with Crippen LogP contribution in [0, 0.1) is 0 Å². The van der Waals surface area contributed by atoms with Crippen LogP contribution in [0.2, 0.25) is 0 Å². The Hall–Kier alpha value is -3.61. The van der Waals surface area contributed by atoms with Crippen LogP contribution in [0.3, 0.4) is 0 Å². The van der Waals surface area contributed by atoms with Gasteiger partial charge in [-0.3, -0.25) is 9.78 Å². The van der Waals surface area contributed by atoms with Gasteiger partial charge in [-0.15, -0.1) is 0 Å². The maximum Gasteiger partial charge on any atom is 0.407 e. The first kappa shape index (κ1) is 18.2. The van der Waals surface area contributed by atoms with Gasteiger partial charge in [-0.1, -0.05) is 30.3 Å². The summed E-state index contributed by atoms with van der Waals surface area (Å²) in [5, 5.41) is 5.14. The maximum absolute atomic E-state index is 11.9. The number of carbonyl (C=O) groups excluding carboxylic acids is 2. The molecule has 0 saturated carbocycles. The lowest BCUT2D eigenvalue weighted by Gasteiger charge is -2.08. The van der Waals surface area contributed by atoms with Gasteiger partial charge in [-0.25, -0.2) is 4.79 Å². The largest absolute Gasteiger partial charge is 0.464 e. The van der Waals surface area contributed by atoms with E-state index in [0.717, 1.165) is 16.7 Å². The lowest BCUT2D eigenvalue weighted by atomic mass is 10.1. The summed E-state index contributed by atoms with van der Waals surface area (Å²) in [5.41, 5.74) is 2.53. The molecule has 0 bridgehead atoms. The summed E-state index contributed by atoms with van der Waals surface area (Å²) < 4.78 is 10.4. The van der Waals surface area contributed by atoms with Crippen LogP contribution in [0.1, 0.15) is 11.1 Å². The van der Waals surface area contributed by atoms with Gasteiger partial charge in [0.2, 0.25) is 5.91 Å². The van der Waals surface area contributed by atoms with Crippen LogP contribution in [0.15, 0.2) is 71.6 Å². The highest BCUT2D eigenvalue weighted by atomic mass is 16.5. The number of furan rings is 1. The number of rotatable bonds is 7. The molecular weight excluding hydrogens is 346 g/mol. The van der Waals surface area contributed by atoms with Crippen molar-refractivity contribution in [2.24, 2.45) is 0 Å². The van der Waals surface area contributed by atoms with E-state index in [0.29, 0.717) is 12.3 Å². The molecule has 0 unspecified atom stereocenters. The van der Waals surface area contributed by atoms with Crippen molar-refractivity contribution >= 4 is 12.0 Å². The van der Waals surface area contributed by atoms with E-state index >= 15 is 0 Å². The highest BCUT2D eigenvalue weighted by Crippen LogP contribution is 2.19. The minimum atomic E-state index is -0.643. The summed E-state index contributed by atoms with van der Waals surface area (Å²) >= 11 is 0. The Morgan fingerprint density at radius 3 is 2.63 bits per heavy atom. The molecule has 3 aromatic rings. The zero-order valence-electron chi connectivity index (χ0n) is 14.6. The van der Waals surface area contributed by atoms with E-state index in [1.807, 2.05) is 42.5 Å². The molecule has 1 aromatic carbocycles. The Bertz CT molecular complexity index is 879. The number of hydrogen-bond acceptors (Lipinski definition) is 5. The van der Waals surface area contributed by atoms with Crippen LogP contribution >= 0.6 is 0 Å². The summed E-state index contributed by atoms with van der Waals surface area (Å²) in [5.74, 6) is 0.383. The van der Waals surface area contributed by atoms with E-state index in [-0.39, 0.29) is 19.1 Å². The molecule has 7 nitrogen and oxygen atoms in total. The van der Waals surface area contributed by atoms with Gasteiger partial charge in [0, 0.05) is 24.5 Å². The van der Waals surface area contributed by atoms with Crippen molar-refractivity contribution in [3.05, 3.63) is 78.3 Å². The van der Waals surface area contributed by atoms with Gasteiger partial charge in [-0.2, -0.15) is 0 Å². The molecule has 0 aliphatic carbocycles.